The first kappa shape index (κ1) is 9.77. The number of aromatic nitrogens is 3. The number of rotatable bonds is 1. The van der Waals surface area contributed by atoms with E-state index in [4.69, 9.17) is 10.2 Å². The SMILES string of the molecule is Cc1cc(-c2ccc3ncoc3c2)nnc1N. The van der Waals surface area contributed by atoms with Gasteiger partial charge in [-0.15, -0.1) is 10.2 Å². The Morgan fingerprint density at radius 1 is 1.18 bits per heavy atom. The number of anilines is 1. The molecule has 0 saturated heterocycles. The van der Waals surface area contributed by atoms with E-state index in [0.29, 0.717) is 5.82 Å². The lowest BCUT2D eigenvalue weighted by molar-refractivity contribution is 0.602. The van der Waals surface area contributed by atoms with E-state index in [9.17, 15) is 0 Å². The minimum atomic E-state index is 0.453. The Kier molecular flexibility index (Phi) is 2.04. The van der Waals surface area contributed by atoms with E-state index >= 15 is 0 Å². The highest BCUT2D eigenvalue weighted by atomic mass is 16.3. The summed E-state index contributed by atoms with van der Waals surface area (Å²) in [6.07, 6.45) is 1.42. The van der Waals surface area contributed by atoms with Crippen LogP contribution in [-0.2, 0) is 0 Å². The molecule has 3 rings (SSSR count). The normalized spacial score (nSPS) is 10.9. The molecule has 5 heteroatoms. The van der Waals surface area contributed by atoms with Crippen molar-refractivity contribution in [3.05, 3.63) is 36.2 Å². The zero-order valence-electron chi connectivity index (χ0n) is 9.21. The van der Waals surface area contributed by atoms with Crippen LogP contribution in [0.3, 0.4) is 0 Å². The molecule has 1 aromatic carbocycles. The van der Waals surface area contributed by atoms with E-state index in [1.54, 1.807) is 0 Å². The average molecular weight is 226 g/mol. The Labute approximate surface area is 97.3 Å². The van der Waals surface area contributed by atoms with E-state index in [-0.39, 0.29) is 0 Å². The highest BCUT2D eigenvalue weighted by Crippen LogP contribution is 2.23. The molecule has 5 nitrogen and oxygen atoms in total. The molecule has 2 N–H and O–H groups in total. The van der Waals surface area contributed by atoms with Crippen molar-refractivity contribution in [3.63, 3.8) is 0 Å². The predicted octanol–water partition coefficient (Wildman–Crippen LogP) is 2.18. The standard InChI is InChI=1S/C12H10N4O/c1-7-4-10(15-16-12(7)13)8-2-3-9-11(5-8)17-6-14-9/h2-6H,1H3,(H2,13,16). The van der Waals surface area contributed by atoms with Gasteiger partial charge in [-0.1, -0.05) is 6.07 Å². The fourth-order valence-electron chi connectivity index (χ4n) is 1.65. The lowest BCUT2D eigenvalue weighted by Crippen LogP contribution is -1.97. The Bertz CT molecular complexity index is 690. The molecular weight excluding hydrogens is 216 g/mol. The summed E-state index contributed by atoms with van der Waals surface area (Å²) in [5, 5.41) is 7.97. The zero-order valence-corrected chi connectivity index (χ0v) is 9.21. The Balaban J connectivity index is 2.16. The molecule has 84 valence electrons. The van der Waals surface area contributed by atoms with Crippen LogP contribution in [0.15, 0.2) is 35.1 Å². The van der Waals surface area contributed by atoms with Crippen molar-refractivity contribution in [1.82, 2.24) is 15.2 Å². The molecule has 0 bridgehead atoms. The van der Waals surface area contributed by atoms with E-state index < -0.39 is 0 Å². The molecule has 0 spiro atoms. The molecule has 0 aliphatic heterocycles. The molecule has 0 radical (unpaired) electrons. The van der Waals surface area contributed by atoms with Crippen molar-refractivity contribution < 1.29 is 4.42 Å². The second-order valence-corrected chi connectivity index (χ2v) is 3.83. The smallest absolute Gasteiger partial charge is 0.181 e. The van der Waals surface area contributed by atoms with Crippen LogP contribution in [0.5, 0.6) is 0 Å². The van der Waals surface area contributed by atoms with Crippen LogP contribution in [0.1, 0.15) is 5.56 Å². The summed E-state index contributed by atoms with van der Waals surface area (Å²) in [6.45, 7) is 1.90. The Morgan fingerprint density at radius 2 is 2.06 bits per heavy atom. The molecule has 17 heavy (non-hydrogen) atoms. The van der Waals surface area contributed by atoms with Gasteiger partial charge in [-0.05, 0) is 30.7 Å². The minimum absolute atomic E-state index is 0.453. The largest absolute Gasteiger partial charge is 0.443 e. The minimum Gasteiger partial charge on any atom is -0.443 e. The summed E-state index contributed by atoms with van der Waals surface area (Å²) in [5.74, 6) is 0.453. The summed E-state index contributed by atoms with van der Waals surface area (Å²) in [5.41, 5.74) is 9.82. The topological polar surface area (TPSA) is 77.8 Å². The lowest BCUT2D eigenvalue weighted by Gasteiger charge is -2.02. The number of aryl methyl sites for hydroxylation is 1. The fourth-order valence-corrected chi connectivity index (χ4v) is 1.65. The quantitative estimate of drug-likeness (QED) is 0.688. The van der Waals surface area contributed by atoms with E-state index in [1.807, 2.05) is 31.2 Å². The predicted molar refractivity (Wildman–Crippen MR) is 64.2 cm³/mol. The number of hydrogen-bond donors (Lipinski definition) is 1. The first-order valence-corrected chi connectivity index (χ1v) is 5.17. The fraction of sp³-hybridized carbons (Fsp3) is 0.0833. The van der Waals surface area contributed by atoms with Crippen LogP contribution in [0.4, 0.5) is 5.82 Å². The summed E-state index contributed by atoms with van der Waals surface area (Å²) < 4.78 is 5.25. The van der Waals surface area contributed by atoms with Crippen molar-refractivity contribution in [2.75, 3.05) is 5.73 Å². The van der Waals surface area contributed by atoms with Gasteiger partial charge in [0, 0.05) is 5.56 Å². The van der Waals surface area contributed by atoms with Gasteiger partial charge >= 0.3 is 0 Å². The molecular formula is C12H10N4O. The Morgan fingerprint density at radius 3 is 2.88 bits per heavy atom. The van der Waals surface area contributed by atoms with E-state index in [1.165, 1.54) is 6.39 Å². The van der Waals surface area contributed by atoms with Crippen molar-refractivity contribution in [3.8, 4) is 11.3 Å². The van der Waals surface area contributed by atoms with Gasteiger partial charge in [0.25, 0.3) is 0 Å². The summed E-state index contributed by atoms with van der Waals surface area (Å²) in [6, 6.07) is 7.62. The maximum atomic E-state index is 5.64. The number of oxazole rings is 1. The highest BCUT2D eigenvalue weighted by Gasteiger charge is 2.06. The van der Waals surface area contributed by atoms with Crippen LogP contribution >= 0.6 is 0 Å². The molecule has 0 fully saturated rings. The molecule has 0 aliphatic rings. The monoisotopic (exact) mass is 226 g/mol. The van der Waals surface area contributed by atoms with Gasteiger partial charge in [0.2, 0.25) is 0 Å². The number of nitrogens with two attached hydrogens (primary N) is 1. The Hall–Kier alpha value is -2.43. The molecule has 0 amide bonds. The second-order valence-electron chi connectivity index (χ2n) is 3.83. The molecule has 3 aromatic rings. The third kappa shape index (κ3) is 1.61. The van der Waals surface area contributed by atoms with Gasteiger partial charge in [-0.3, -0.25) is 0 Å². The first-order chi connectivity index (χ1) is 8.24. The zero-order chi connectivity index (χ0) is 11.8. The maximum absolute atomic E-state index is 5.64. The van der Waals surface area contributed by atoms with Gasteiger partial charge in [0.05, 0.1) is 5.69 Å². The van der Waals surface area contributed by atoms with Crippen LogP contribution in [0, 0.1) is 6.92 Å². The van der Waals surface area contributed by atoms with E-state index in [2.05, 4.69) is 15.2 Å². The lowest BCUT2D eigenvalue weighted by atomic mass is 10.1. The molecule has 0 atom stereocenters. The third-order valence-corrected chi connectivity index (χ3v) is 2.65. The summed E-state index contributed by atoms with van der Waals surface area (Å²) in [7, 11) is 0. The van der Waals surface area contributed by atoms with Crippen molar-refractivity contribution >= 4 is 16.9 Å². The number of benzene rings is 1. The average Bonchev–Trinajstić information content (AvgIpc) is 2.79. The number of nitrogen functional groups attached to an aromatic ring is 1. The van der Waals surface area contributed by atoms with Gasteiger partial charge in [-0.25, -0.2) is 4.98 Å². The van der Waals surface area contributed by atoms with Crippen LogP contribution in [0.2, 0.25) is 0 Å². The van der Waals surface area contributed by atoms with Gasteiger partial charge in [-0.2, -0.15) is 0 Å². The molecule has 0 unspecified atom stereocenters. The van der Waals surface area contributed by atoms with Gasteiger partial charge in [0.1, 0.15) is 11.3 Å². The third-order valence-electron chi connectivity index (χ3n) is 2.65. The van der Waals surface area contributed by atoms with Crippen LogP contribution in [0.25, 0.3) is 22.4 Å². The van der Waals surface area contributed by atoms with Crippen LogP contribution in [-0.4, -0.2) is 15.2 Å². The molecule has 0 saturated carbocycles. The van der Waals surface area contributed by atoms with Crippen molar-refractivity contribution in [1.29, 1.82) is 0 Å². The van der Waals surface area contributed by atoms with Gasteiger partial charge in [0.15, 0.2) is 12.0 Å². The number of fused-ring (bicyclic) bond motifs is 1. The number of nitrogens with zero attached hydrogens (tertiary/aromatic N) is 3. The van der Waals surface area contributed by atoms with Crippen molar-refractivity contribution in [2.24, 2.45) is 0 Å². The van der Waals surface area contributed by atoms with E-state index in [0.717, 1.165) is 27.9 Å². The highest BCUT2D eigenvalue weighted by molar-refractivity contribution is 5.79. The number of hydrogen-bond acceptors (Lipinski definition) is 5. The van der Waals surface area contributed by atoms with Crippen LogP contribution < -0.4 is 5.73 Å². The maximum Gasteiger partial charge on any atom is 0.181 e. The molecule has 0 aliphatic carbocycles. The summed E-state index contributed by atoms with van der Waals surface area (Å²) >= 11 is 0. The summed E-state index contributed by atoms with van der Waals surface area (Å²) in [4.78, 5) is 4.06. The molecule has 2 aromatic heterocycles. The first-order valence-electron chi connectivity index (χ1n) is 5.17. The second kappa shape index (κ2) is 3.55. The van der Waals surface area contributed by atoms with Gasteiger partial charge < -0.3 is 10.2 Å². The molecule has 2 heterocycles. The van der Waals surface area contributed by atoms with Crippen molar-refractivity contribution in [2.45, 2.75) is 6.92 Å².